The van der Waals surface area contributed by atoms with E-state index in [1.807, 2.05) is 6.92 Å². The number of amides is 1. The van der Waals surface area contributed by atoms with Crippen LogP contribution in [0.3, 0.4) is 0 Å². The molecule has 0 bridgehead atoms. The van der Waals surface area contributed by atoms with Crippen molar-refractivity contribution in [1.29, 1.82) is 0 Å². The van der Waals surface area contributed by atoms with E-state index in [1.165, 1.54) is 35.8 Å². The molecule has 1 amide bonds. The van der Waals surface area contributed by atoms with Gasteiger partial charge in [-0.3, -0.25) is 14.9 Å². The maximum absolute atomic E-state index is 12.1. The highest BCUT2D eigenvalue weighted by Gasteiger charge is 2.14. The lowest BCUT2D eigenvalue weighted by molar-refractivity contribution is -0.384. The van der Waals surface area contributed by atoms with Crippen LogP contribution in [0.25, 0.3) is 6.08 Å². The summed E-state index contributed by atoms with van der Waals surface area (Å²) in [7, 11) is 0. The largest absolute Gasteiger partial charge is 0.346 e. The first-order valence-electron chi connectivity index (χ1n) is 8.37. The van der Waals surface area contributed by atoms with Crippen molar-refractivity contribution < 1.29 is 9.72 Å². The zero-order chi connectivity index (χ0) is 17.8. The van der Waals surface area contributed by atoms with E-state index in [-0.39, 0.29) is 17.6 Å². The monoisotopic (exact) mass is 336 g/mol. The predicted octanol–water partition coefficient (Wildman–Crippen LogP) is 3.97. The second kappa shape index (κ2) is 7.30. The van der Waals surface area contributed by atoms with Crippen molar-refractivity contribution in [2.75, 3.05) is 0 Å². The minimum atomic E-state index is -0.451. The van der Waals surface area contributed by atoms with Gasteiger partial charge in [0.15, 0.2) is 0 Å². The van der Waals surface area contributed by atoms with Crippen LogP contribution < -0.4 is 5.32 Å². The molecule has 0 spiro atoms. The molecule has 0 saturated heterocycles. The number of non-ortho nitro benzene ring substituents is 1. The van der Waals surface area contributed by atoms with Crippen LogP contribution in [0.1, 0.15) is 41.6 Å². The number of hydrogen-bond donors (Lipinski definition) is 1. The smallest absolute Gasteiger partial charge is 0.270 e. The van der Waals surface area contributed by atoms with Gasteiger partial charge in [-0.1, -0.05) is 30.3 Å². The highest BCUT2D eigenvalue weighted by molar-refractivity contribution is 5.92. The Morgan fingerprint density at radius 1 is 1.20 bits per heavy atom. The topological polar surface area (TPSA) is 72.2 Å². The van der Waals surface area contributed by atoms with E-state index in [0.717, 1.165) is 18.4 Å². The first kappa shape index (κ1) is 16.9. The van der Waals surface area contributed by atoms with Crippen molar-refractivity contribution in [3.05, 3.63) is 80.9 Å². The molecule has 2 aromatic rings. The fraction of sp³-hybridized carbons (Fsp3) is 0.250. The Morgan fingerprint density at radius 3 is 2.80 bits per heavy atom. The normalized spacial score (nSPS) is 14.3. The van der Waals surface area contributed by atoms with Gasteiger partial charge in [-0.2, -0.15) is 0 Å². The van der Waals surface area contributed by atoms with Gasteiger partial charge in [-0.15, -0.1) is 0 Å². The van der Waals surface area contributed by atoms with Gasteiger partial charge in [0, 0.05) is 18.2 Å². The maximum Gasteiger partial charge on any atom is 0.270 e. The molecule has 0 saturated carbocycles. The average molecular weight is 336 g/mol. The molecular formula is C20H20N2O3. The average Bonchev–Trinajstić information content (AvgIpc) is 3.07. The molecule has 1 aliphatic carbocycles. The highest BCUT2D eigenvalue weighted by Crippen LogP contribution is 2.25. The van der Waals surface area contributed by atoms with E-state index in [4.69, 9.17) is 0 Å². The van der Waals surface area contributed by atoms with Crippen molar-refractivity contribution in [1.82, 2.24) is 5.32 Å². The van der Waals surface area contributed by atoms with Crippen molar-refractivity contribution in [3.63, 3.8) is 0 Å². The van der Waals surface area contributed by atoms with Crippen LogP contribution in [0.5, 0.6) is 0 Å². The first-order chi connectivity index (χ1) is 12.0. The Bertz CT molecular complexity index is 843. The fourth-order valence-electron chi connectivity index (χ4n) is 3.12. The molecule has 1 aliphatic rings. The lowest BCUT2D eigenvalue weighted by atomic mass is 10.0. The Kier molecular flexibility index (Phi) is 4.93. The number of nitrogens with one attached hydrogen (secondary N) is 1. The molecule has 1 atom stereocenters. The lowest BCUT2D eigenvalue weighted by Crippen LogP contribution is -2.24. The zero-order valence-corrected chi connectivity index (χ0v) is 14.1. The van der Waals surface area contributed by atoms with Gasteiger partial charge in [0.25, 0.3) is 5.69 Å². The van der Waals surface area contributed by atoms with Gasteiger partial charge in [0.05, 0.1) is 11.0 Å². The third-order valence-electron chi connectivity index (χ3n) is 4.49. The van der Waals surface area contributed by atoms with E-state index in [1.54, 1.807) is 18.2 Å². The fourth-order valence-corrected chi connectivity index (χ4v) is 3.12. The summed E-state index contributed by atoms with van der Waals surface area (Å²) < 4.78 is 0. The summed E-state index contributed by atoms with van der Waals surface area (Å²) in [6.07, 6.45) is 6.44. The summed E-state index contributed by atoms with van der Waals surface area (Å²) in [6.45, 7) is 1.95. The third kappa shape index (κ3) is 4.12. The van der Waals surface area contributed by atoms with Crippen LogP contribution in [-0.4, -0.2) is 10.8 Å². The van der Waals surface area contributed by atoms with Crippen LogP contribution in [0, 0.1) is 10.1 Å². The summed E-state index contributed by atoms with van der Waals surface area (Å²) in [5, 5.41) is 13.7. The second-order valence-corrected chi connectivity index (χ2v) is 6.30. The van der Waals surface area contributed by atoms with Crippen LogP contribution in [0.2, 0.25) is 0 Å². The maximum atomic E-state index is 12.1. The summed E-state index contributed by atoms with van der Waals surface area (Å²) >= 11 is 0. The number of nitro benzene ring substituents is 1. The number of carbonyl (C=O) groups is 1. The SMILES string of the molecule is CC(NC(=O)/C=C/c1cccc([N+](=O)[O-])c1)c1ccc2c(c1)CCC2. The molecule has 5 nitrogen and oxygen atoms in total. The van der Waals surface area contributed by atoms with Gasteiger partial charge < -0.3 is 5.32 Å². The van der Waals surface area contributed by atoms with Gasteiger partial charge in [-0.25, -0.2) is 0 Å². The Hall–Kier alpha value is -2.95. The van der Waals surface area contributed by atoms with Crippen LogP contribution in [-0.2, 0) is 17.6 Å². The molecule has 2 aromatic carbocycles. The van der Waals surface area contributed by atoms with Crippen molar-refractivity contribution in [2.45, 2.75) is 32.2 Å². The van der Waals surface area contributed by atoms with Crippen LogP contribution in [0.4, 0.5) is 5.69 Å². The number of rotatable bonds is 5. The number of benzene rings is 2. The first-order valence-corrected chi connectivity index (χ1v) is 8.37. The molecular weight excluding hydrogens is 316 g/mol. The summed E-state index contributed by atoms with van der Waals surface area (Å²) in [5.41, 5.74) is 4.51. The highest BCUT2D eigenvalue weighted by atomic mass is 16.6. The minimum absolute atomic E-state index is 0.00840. The summed E-state index contributed by atoms with van der Waals surface area (Å²) in [4.78, 5) is 22.4. The molecule has 0 aliphatic heterocycles. The quantitative estimate of drug-likeness (QED) is 0.510. The predicted molar refractivity (Wildman–Crippen MR) is 97.2 cm³/mol. The molecule has 5 heteroatoms. The Labute approximate surface area is 146 Å². The number of hydrogen-bond acceptors (Lipinski definition) is 3. The van der Waals surface area contributed by atoms with Gasteiger partial charge >= 0.3 is 0 Å². The van der Waals surface area contributed by atoms with E-state index >= 15 is 0 Å². The molecule has 128 valence electrons. The number of carbonyl (C=O) groups excluding carboxylic acids is 1. The third-order valence-corrected chi connectivity index (χ3v) is 4.49. The van der Waals surface area contributed by atoms with Crippen molar-refractivity contribution in [3.8, 4) is 0 Å². The molecule has 1 N–H and O–H groups in total. The zero-order valence-electron chi connectivity index (χ0n) is 14.1. The second-order valence-electron chi connectivity index (χ2n) is 6.30. The molecule has 0 aromatic heterocycles. The molecule has 0 heterocycles. The molecule has 1 unspecified atom stereocenters. The van der Waals surface area contributed by atoms with Crippen LogP contribution >= 0.6 is 0 Å². The lowest BCUT2D eigenvalue weighted by Gasteiger charge is -2.14. The number of nitrogens with zero attached hydrogens (tertiary/aromatic N) is 1. The minimum Gasteiger partial charge on any atom is -0.346 e. The molecule has 0 fully saturated rings. The Balaban J connectivity index is 1.64. The number of aryl methyl sites for hydroxylation is 2. The standard InChI is InChI=1S/C20H20N2O3/c1-14(17-10-9-16-5-3-6-18(16)13-17)21-20(23)11-8-15-4-2-7-19(12-15)22(24)25/h2,4,7-14H,3,5-6H2,1H3,(H,21,23)/b11-8+. The summed E-state index contributed by atoms with van der Waals surface area (Å²) in [6, 6.07) is 12.5. The van der Waals surface area contributed by atoms with Crippen molar-refractivity contribution in [2.24, 2.45) is 0 Å². The van der Waals surface area contributed by atoms with E-state index in [0.29, 0.717) is 5.56 Å². The van der Waals surface area contributed by atoms with Crippen molar-refractivity contribution >= 4 is 17.7 Å². The van der Waals surface area contributed by atoms with Gasteiger partial charge in [-0.05, 0) is 54.5 Å². The number of nitro groups is 1. The molecule has 25 heavy (non-hydrogen) atoms. The van der Waals surface area contributed by atoms with Gasteiger partial charge in [0.1, 0.15) is 0 Å². The Morgan fingerprint density at radius 2 is 2.00 bits per heavy atom. The molecule has 0 radical (unpaired) electrons. The van der Waals surface area contributed by atoms with E-state index in [9.17, 15) is 14.9 Å². The number of fused-ring (bicyclic) bond motifs is 1. The van der Waals surface area contributed by atoms with E-state index < -0.39 is 4.92 Å². The molecule has 3 rings (SSSR count). The van der Waals surface area contributed by atoms with Gasteiger partial charge in [0.2, 0.25) is 5.91 Å². The summed E-state index contributed by atoms with van der Waals surface area (Å²) in [5.74, 6) is -0.223. The van der Waals surface area contributed by atoms with Crippen LogP contribution in [0.15, 0.2) is 48.5 Å². The van der Waals surface area contributed by atoms with E-state index in [2.05, 4.69) is 23.5 Å².